The molecule has 1 atom stereocenters. The molecule has 1 unspecified atom stereocenters. The Balaban J connectivity index is 0.000000173. The third-order valence-corrected chi connectivity index (χ3v) is 10.2. The maximum Gasteiger partial charge on any atom is 0.227 e. The average Bonchev–Trinajstić information content (AvgIpc) is 3.66. The summed E-state index contributed by atoms with van der Waals surface area (Å²) in [7, 11) is 3.99. The third-order valence-electron chi connectivity index (χ3n) is 10.2. The molecular weight excluding hydrogens is 641 g/mol. The van der Waals surface area contributed by atoms with Gasteiger partial charge < -0.3 is 8.83 Å². The van der Waals surface area contributed by atoms with Gasteiger partial charge in [-0.05, 0) is 99.9 Å². The second-order valence-electron chi connectivity index (χ2n) is 14.6. The monoisotopic (exact) mass is 694 g/mol. The largest absolute Gasteiger partial charge is 0.437 e. The van der Waals surface area contributed by atoms with Gasteiger partial charge in [-0.15, -0.1) is 0 Å². The second-order valence-corrected chi connectivity index (χ2v) is 14.6. The first-order chi connectivity index (χ1) is 26.3. The van der Waals surface area contributed by atoms with Crippen LogP contribution in [-0.2, 0) is 14.1 Å². The molecule has 0 saturated heterocycles. The quantitative estimate of drug-likeness (QED) is 0.172. The van der Waals surface area contributed by atoms with Crippen LogP contribution in [0.15, 0.2) is 81.9 Å². The molecule has 6 heterocycles. The van der Waals surface area contributed by atoms with Gasteiger partial charge in [-0.2, -0.15) is 0 Å². The van der Waals surface area contributed by atoms with Crippen LogP contribution >= 0.6 is 0 Å². The van der Waals surface area contributed by atoms with Crippen LogP contribution < -0.4 is 9.13 Å². The summed E-state index contributed by atoms with van der Waals surface area (Å²) >= 11 is 0. The second kappa shape index (κ2) is 13.3. The van der Waals surface area contributed by atoms with Gasteiger partial charge in [0.15, 0.2) is 23.6 Å². The molecule has 0 N–H and O–H groups in total. The van der Waals surface area contributed by atoms with Crippen molar-refractivity contribution in [2.45, 2.75) is 81.0 Å². The zero-order valence-electron chi connectivity index (χ0n) is 36.1. The number of pyridine rings is 4. The third kappa shape index (κ3) is 6.04. The van der Waals surface area contributed by atoms with Crippen molar-refractivity contribution in [1.29, 1.82) is 0 Å². The Morgan fingerprint density at radius 1 is 0.577 bits per heavy atom. The first kappa shape index (κ1) is 30.3. The predicted molar refractivity (Wildman–Crippen MR) is 213 cm³/mol. The van der Waals surface area contributed by atoms with E-state index in [0.717, 1.165) is 72.0 Å². The molecule has 2 aromatic carbocycles. The highest BCUT2D eigenvalue weighted by atomic mass is 16.3. The van der Waals surface area contributed by atoms with Crippen molar-refractivity contribution in [3.63, 3.8) is 0 Å². The number of rotatable bonds is 4. The van der Waals surface area contributed by atoms with Gasteiger partial charge in [0, 0.05) is 61.7 Å². The van der Waals surface area contributed by atoms with Crippen molar-refractivity contribution in [2.24, 2.45) is 14.1 Å². The summed E-state index contributed by atoms with van der Waals surface area (Å²) in [5, 5.41) is 4.16. The Morgan fingerprint density at radius 2 is 1.00 bits per heavy atom. The van der Waals surface area contributed by atoms with Gasteiger partial charge in [0.1, 0.15) is 14.1 Å². The van der Waals surface area contributed by atoms with Gasteiger partial charge in [0.25, 0.3) is 0 Å². The van der Waals surface area contributed by atoms with Crippen molar-refractivity contribution < 1.29 is 23.5 Å². The van der Waals surface area contributed by atoms with E-state index in [2.05, 4.69) is 85.8 Å². The lowest BCUT2D eigenvalue weighted by Gasteiger charge is -2.11. The summed E-state index contributed by atoms with van der Waals surface area (Å²) < 4.78 is 48.4. The number of nitrogens with zero attached hydrogens (tertiary/aromatic N) is 4. The van der Waals surface area contributed by atoms with E-state index >= 15 is 0 Å². The van der Waals surface area contributed by atoms with Gasteiger partial charge in [0.2, 0.25) is 22.8 Å². The molecule has 0 aliphatic rings. The van der Waals surface area contributed by atoms with E-state index in [0.29, 0.717) is 22.9 Å². The summed E-state index contributed by atoms with van der Waals surface area (Å²) in [6, 6.07) is 20.8. The maximum atomic E-state index is 8.50. The molecular formula is C46H50N4O2+2. The zero-order valence-corrected chi connectivity index (χ0v) is 32.1. The highest BCUT2D eigenvalue weighted by Crippen LogP contribution is 2.38. The molecule has 0 aliphatic carbocycles. The lowest BCUT2D eigenvalue weighted by Crippen LogP contribution is -2.32. The van der Waals surface area contributed by atoms with E-state index in [9.17, 15) is 0 Å². The fourth-order valence-electron chi connectivity index (χ4n) is 7.47. The van der Waals surface area contributed by atoms with Crippen LogP contribution in [0.25, 0.3) is 66.7 Å². The zero-order chi connectivity index (χ0) is 40.6. The molecule has 8 aromatic rings. The van der Waals surface area contributed by atoms with Gasteiger partial charge in [-0.1, -0.05) is 51.9 Å². The van der Waals surface area contributed by atoms with Crippen molar-refractivity contribution >= 4 is 44.1 Å². The van der Waals surface area contributed by atoms with Crippen molar-refractivity contribution in [3.8, 4) is 22.5 Å². The normalized spacial score (nSPS) is 14.3. The van der Waals surface area contributed by atoms with E-state index in [1.165, 1.54) is 29.3 Å². The van der Waals surface area contributed by atoms with Crippen molar-refractivity contribution in [2.75, 3.05) is 0 Å². The van der Waals surface area contributed by atoms with Crippen LogP contribution in [0.2, 0.25) is 0 Å². The Hall–Kier alpha value is -5.36. The Labute approximate surface area is 312 Å². The van der Waals surface area contributed by atoms with Crippen LogP contribution in [0.5, 0.6) is 0 Å². The van der Waals surface area contributed by atoms with Crippen LogP contribution in [-0.4, -0.2) is 9.97 Å². The molecule has 6 aromatic heterocycles. The lowest BCUT2D eigenvalue weighted by molar-refractivity contribution is -0.661. The van der Waals surface area contributed by atoms with Gasteiger partial charge in [0.05, 0.1) is 11.1 Å². The molecule has 0 spiro atoms. The molecule has 264 valence electrons. The minimum Gasteiger partial charge on any atom is -0.437 e. The Bertz CT molecular complexity index is 2850. The number of aryl methyl sites for hydroxylation is 8. The van der Waals surface area contributed by atoms with Crippen LogP contribution in [0.3, 0.4) is 0 Å². The molecule has 8 rings (SSSR count). The van der Waals surface area contributed by atoms with E-state index in [4.69, 9.17) is 14.3 Å². The SMILES string of the molecule is Cc1ccc2c(n1)oc1c(-c3cc(C)c(C(C)C)c[n+]3C)c(C)ccc12.[2H]C([2H])([2H])C([2H])(C)c1c[n+](C)c(-c2c(C)ccc3c2oc2nc(C)ccc23)cc1C. The molecule has 0 amide bonds. The van der Waals surface area contributed by atoms with Crippen LogP contribution in [0.4, 0.5) is 0 Å². The van der Waals surface area contributed by atoms with Gasteiger partial charge >= 0.3 is 0 Å². The summed E-state index contributed by atoms with van der Waals surface area (Å²) in [4.78, 5) is 9.11. The molecule has 6 nitrogen and oxygen atoms in total. The highest BCUT2D eigenvalue weighted by Gasteiger charge is 2.24. The minimum atomic E-state index is -2.43. The number of benzene rings is 2. The number of hydrogen-bond acceptors (Lipinski definition) is 4. The lowest BCUT2D eigenvalue weighted by atomic mass is 9.96. The van der Waals surface area contributed by atoms with E-state index in [1.807, 2.05) is 69.6 Å². The van der Waals surface area contributed by atoms with Crippen LogP contribution in [0.1, 0.15) is 89.7 Å². The van der Waals surface area contributed by atoms with Crippen molar-refractivity contribution in [1.82, 2.24) is 9.97 Å². The number of furan rings is 2. The summed E-state index contributed by atoms with van der Waals surface area (Å²) in [5.41, 5.74) is 15.2. The minimum absolute atomic E-state index is 0.487. The van der Waals surface area contributed by atoms with Crippen molar-refractivity contribution in [3.05, 3.63) is 118 Å². The van der Waals surface area contributed by atoms with E-state index < -0.39 is 12.7 Å². The van der Waals surface area contributed by atoms with Gasteiger partial charge in [-0.3, -0.25) is 0 Å². The number of aromatic nitrogens is 4. The van der Waals surface area contributed by atoms with Gasteiger partial charge in [-0.25, -0.2) is 19.1 Å². The number of hydrogen-bond donors (Lipinski definition) is 0. The predicted octanol–water partition coefficient (Wildman–Crippen LogP) is 11.0. The smallest absolute Gasteiger partial charge is 0.227 e. The van der Waals surface area contributed by atoms with Crippen LogP contribution in [0, 0.1) is 41.5 Å². The molecule has 0 bridgehead atoms. The Kier molecular flexibility index (Phi) is 7.76. The standard InChI is InChI=1S/2C23H25N2O/c2*1-13(2)19-12-25(6)20(11-15(19)4)21-14(3)7-9-17-18-10-8-16(5)24-23(18)26-22(17)21/h2*7-13H,1-6H3/q2*+1/i1D3,13D;. The fourth-order valence-corrected chi connectivity index (χ4v) is 7.47. The molecule has 0 aliphatic heterocycles. The number of fused-ring (bicyclic) bond motifs is 6. The average molecular weight is 695 g/mol. The Morgan fingerprint density at radius 3 is 1.44 bits per heavy atom. The van der Waals surface area contributed by atoms with E-state index in [-0.39, 0.29) is 0 Å². The first-order valence-electron chi connectivity index (χ1n) is 19.9. The highest BCUT2D eigenvalue weighted by molar-refractivity contribution is 6.09. The van der Waals surface area contributed by atoms with E-state index in [1.54, 1.807) is 6.20 Å². The molecule has 0 radical (unpaired) electrons. The molecule has 6 heteroatoms. The molecule has 52 heavy (non-hydrogen) atoms. The molecule has 0 saturated carbocycles. The fraction of sp³-hybridized carbons (Fsp3) is 0.304. The first-order valence-corrected chi connectivity index (χ1v) is 17.9. The summed E-state index contributed by atoms with van der Waals surface area (Å²) in [6.45, 7) is 15.6. The maximum absolute atomic E-state index is 8.50. The summed E-state index contributed by atoms with van der Waals surface area (Å²) in [6.07, 6.45) is 4.01. The molecule has 0 fully saturated rings. The topological polar surface area (TPSA) is 59.8 Å². The summed E-state index contributed by atoms with van der Waals surface area (Å²) in [5.74, 6) is -1.19.